The number of carbonyl (C=O) groups is 1. The van der Waals surface area contributed by atoms with Crippen LogP contribution in [0.5, 0.6) is 0 Å². The molecule has 0 radical (unpaired) electrons. The molecule has 1 aromatic heterocycles. The SMILES string of the molecule is CC1SCCN1C(=O)c1ccno1. The van der Waals surface area contributed by atoms with Gasteiger partial charge in [0.1, 0.15) is 0 Å². The summed E-state index contributed by atoms with van der Waals surface area (Å²) in [6.45, 7) is 2.82. The fourth-order valence-electron chi connectivity index (χ4n) is 1.33. The summed E-state index contributed by atoms with van der Waals surface area (Å²) in [5, 5.41) is 3.76. The molecule has 13 heavy (non-hydrogen) atoms. The van der Waals surface area contributed by atoms with Crippen molar-refractivity contribution in [3.05, 3.63) is 18.0 Å². The topological polar surface area (TPSA) is 46.3 Å². The van der Waals surface area contributed by atoms with Crippen LogP contribution in [-0.4, -0.2) is 33.6 Å². The summed E-state index contributed by atoms with van der Waals surface area (Å²) >= 11 is 1.77. The molecule has 5 heteroatoms. The third-order valence-electron chi connectivity index (χ3n) is 2.04. The van der Waals surface area contributed by atoms with Gasteiger partial charge in [-0.3, -0.25) is 4.79 Å². The molecule has 0 aliphatic carbocycles. The van der Waals surface area contributed by atoms with E-state index in [-0.39, 0.29) is 11.3 Å². The van der Waals surface area contributed by atoms with E-state index in [9.17, 15) is 4.79 Å². The lowest BCUT2D eigenvalue weighted by atomic mass is 10.4. The molecule has 0 aromatic carbocycles. The Morgan fingerprint density at radius 1 is 1.85 bits per heavy atom. The Morgan fingerprint density at radius 3 is 3.23 bits per heavy atom. The summed E-state index contributed by atoms with van der Waals surface area (Å²) in [6, 6.07) is 1.60. The smallest absolute Gasteiger partial charge is 0.293 e. The number of hydrogen-bond donors (Lipinski definition) is 0. The van der Waals surface area contributed by atoms with Gasteiger partial charge in [0.05, 0.1) is 11.6 Å². The summed E-state index contributed by atoms with van der Waals surface area (Å²) in [5.41, 5.74) is 0. The Hall–Kier alpha value is -0.970. The first-order chi connectivity index (χ1) is 6.29. The van der Waals surface area contributed by atoms with Gasteiger partial charge in [-0.25, -0.2) is 0 Å². The lowest BCUT2D eigenvalue weighted by Crippen LogP contribution is -2.32. The monoisotopic (exact) mass is 198 g/mol. The first kappa shape index (κ1) is 8.62. The Bertz CT molecular complexity index is 299. The molecule has 1 amide bonds. The van der Waals surface area contributed by atoms with Crippen molar-refractivity contribution in [1.29, 1.82) is 0 Å². The fraction of sp³-hybridized carbons (Fsp3) is 0.500. The molecule has 1 aliphatic rings. The molecule has 1 atom stereocenters. The summed E-state index contributed by atoms with van der Waals surface area (Å²) < 4.78 is 4.81. The van der Waals surface area contributed by atoms with Gasteiger partial charge in [-0.2, -0.15) is 0 Å². The van der Waals surface area contributed by atoms with Gasteiger partial charge >= 0.3 is 0 Å². The van der Waals surface area contributed by atoms with Gasteiger partial charge in [-0.05, 0) is 6.92 Å². The summed E-state index contributed by atoms with van der Waals surface area (Å²) in [6.07, 6.45) is 1.49. The van der Waals surface area contributed by atoms with Crippen LogP contribution in [0.3, 0.4) is 0 Å². The predicted octanol–water partition coefficient (Wildman–Crippen LogP) is 1.21. The molecule has 1 unspecified atom stereocenters. The van der Waals surface area contributed by atoms with E-state index in [0.717, 1.165) is 12.3 Å². The first-order valence-corrected chi connectivity index (χ1v) is 5.17. The Balaban J connectivity index is 2.13. The number of nitrogens with zero attached hydrogens (tertiary/aromatic N) is 2. The molecule has 0 bridgehead atoms. The molecular formula is C8H10N2O2S. The highest BCUT2D eigenvalue weighted by Crippen LogP contribution is 2.24. The van der Waals surface area contributed by atoms with Crippen molar-refractivity contribution in [2.45, 2.75) is 12.3 Å². The van der Waals surface area contributed by atoms with Crippen LogP contribution in [0.4, 0.5) is 0 Å². The first-order valence-electron chi connectivity index (χ1n) is 4.12. The molecule has 0 N–H and O–H groups in total. The van der Waals surface area contributed by atoms with E-state index in [4.69, 9.17) is 4.52 Å². The van der Waals surface area contributed by atoms with Crippen LogP contribution < -0.4 is 0 Å². The van der Waals surface area contributed by atoms with Gasteiger partial charge in [0.15, 0.2) is 0 Å². The van der Waals surface area contributed by atoms with Crippen LogP contribution in [0.2, 0.25) is 0 Å². The van der Waals surface area contributed by atoms with Crippen molar-refractivity contribution < 1.29 is 9.32 Å². The summed E-state index contributed by atoms with van der Waals surface area (Å²) in [4.78, 5) is 13.5. The number of rotatable bonds is 1. The highest BCUT2D eigenvalue weighted by Gasteiger charge is 2.28. The quantitative estimate of drug-likeness (QED) is 0.680. The normalized spacial score (nSPS) is 22.2. The van der Waals surface area contributed by atoms with Crippen molar-refractivity contribution in [3.63, 3.8) is 0 Å². The molecule has 2 rings (SSSR count). The molecule has 1 aromatic rings. The van der Waals surface area contributed by atoms with Crippen molar-refractivity contribution in [2.75, 3.05) is 12.3 Å². The fourth-order valence-corrected chi connectivity index (χ4v) is 2.35. The highest BCUT2D eigenvalue weighted by molar-refractivity contribution is 8.00. The maximum absolute atomic E-state index is 11.7. The molecule has 4 nitrogen and oxygen atoms in total. The van der Waals surface area contributed by atoms with Gasteiger partial charge < -0.3 is 9.42 Å². The second-order valence-corrected chi connectivity index (χ2v) is 4.27. The van der Waals surface area contributed by atoms with Crippen LogP contribution in [0.25, 0.3) is 0 Å². The number of amides is 1. The minimum Gasteiger partial charge on any atom is -0.351 e. The van der Waals surface area contributed by atoms with Gasteiger partial charge in [-0.1, -0.05) is 5.16 Å². The number of thioether (sulfide) groups is 1. The van der Waals surface area contributed by atoms with Crippen LogP contribution in [0, 0.1) is 0 Å². The molecule has 0 spiro atoms. The van der Waals surface area contributed by atoms with E-state index in [2.05, 4.69) is 5.16 Å². The third kappa shape index (κ3) is 1.56. The maximum Gasteiger partial charge on any atom is 0.293 e. The zero-order valence-electron chi connectivity index (χ0n) is 7.27. The van der Waals surface area contributed by atoms with Crippen LogP contribution in [-0.2, 0) is 0 Å². The zero-order chi connectivity index (χ0) is 9.26. The number of aromatic nitrogens is 1. The minimum absolute atomic E-state index is 0.0602. The van der Waals surface area contributed by atoms with Crippen molar-refractivity contribution in [2.24, 2.45) is 0 Å². The standard InChI is InChI=1S/C8H10N2O2S/c1-6-10(4-5-13-6)8(11)7-2-3-9-12-7/h2-3,6H,4-5H2,1H3. The lowest BCUT2D eigenvalue weighted by molar-refractivity contribution is 0.0727. The molecule has 1 fully saturated rings. The predicted molar refractivity (Wildman–Crippen MR) is 49.5 cm³/mol. The van der Waals surface area contributed by atoms with Crippen molar-refractivity contribution in [1.82, 2.24) is 10.1 Å². The average Bonchev–Trinajstić information content (AvgIpc) is 2.72. The second kappa shape index (κ2) is 3.41. The van der Waals surface area contributed by atoms with Crippen LogP contribution >= 0.6 is 11.8 Å². The number of hydrogen-bond acceptors (Lipinski definition) is 4. The third-order valence-corrected chi connectivity index (χ3v) is 3.19. The van der Waals surface area contributed by atoms with Gasteiger partial charge in [0, 0.05) is 18.4 Å². The Morgan fingerprint density at radius 2 is 2.69 bits per heavy atom. The van der Waals surface area contributed by atoms with Crippen molar-refractivity contribution >= 4 is 17.7 Å². The van der Waals surface area contributed by atoms with Crippen molar-refractivity contribution in [3.8, 4) is 0 Å². The van der Waals surface area contributed by atoms with Gasteiger partial charge in [-0.15, -0.1) is 11.8 Å². The van der Waals surface area contributed by atoms with E-state index in [1.807, 2.05) is 6.92 Å². The van der Waals surface area contributed by atoms with E-state index in [1.54, 1.807) is 22.7 Å². The Labute approximate surface area is 80.3 Å². The highest BCUT2D eigenvalue weighted by atomic mass is 32.2. The molecule has 1 saturated heterocycles. The largest absolute Gasteiger partial charge is 0.351 e. The lowest BCUT2D eigenvalue weighted by Gasteiger charge is -2.18. The molecule has 1 aliphatic heterocycles. The maximum atomic E-state index is 11.7. The Kier molecular flexibility index (Phi) is 2.26. The van der Waals surface area contributed by atoms with Crippen LogP contribution in [0.15, 0.2) is 16.8 Å². The second-order valence-electron chi connectivity index (χ2n) is 2.85. The average molecular weight is 198 g/mol. The van der Waals surface area contributed by atoms with Gasteiger partial charge in [0.25, 0.3) is 5.91 Å². The summed E-state index contributed by atoms with van der Waals surface area (Å²) in [5.74, 6) is 1.27. The van der Waals surface area contributed by atoms with E-state index < -0.39 is 0 Å². The van der Waals surface area contributed by atoms with Crippen LogP contribution in [0.1, 0.15) is 17.5 Å². The van der Waals surface area contributed by atoms with E-state index in [0.29, 0.717) is 5.76 Å². The zero-order valence-corrected chi connectivity index (χ0v) is 8.08. The molecule has 0 saturated carbocycles. The summed E-state index contributed by atoms with van der Waals surface area (Å²) in [7, 11) is 0. The molecule has 70 valence electrons. The van der Waals surface area contributed by atoms with Gasteiger partial charge in [0.2, 0.25) is 5.76 Å². The molecule has 2 heterocycles. The van der Waals surface area contributed by atoms with E-state index in [1.165, 1.54) is 6.20 Å². The number of carbonyl (C=O) groups excluding carboxylic acids is 1. The minimum atomic E-state index is -0.0602. The molecular weight excluding hydrogens is 188 g/mol. The van der Waals surface area contributed by atoms with E-state index >= 15 is 0 Å².